The molecule has 6 nitrogen and oxygen atoms in total. The Morgan fingerprint density at radius 2 is 1.68 bits per heavy atom. The lowest BCUT2D eigenvalue weighted by Crippen LogP contribution is -2.22. The normalized spacial score (nSPS) is 10.9. The second-order valence-electron chi connectivity index (χ2n) is 8.35. The van der Waals surface area contributed by atoms with Gasteiger partial charge in [0.1, 0.15) is 5.75 Å². The molecule has 0 aliphatic carbocycles. The summed E-state index contributed by atoms with van der Waals surface area (Å²) < 4.78 is 5.83. The lowest BCUT2D eigenvalue weighted by molar-refractivity contribution is -0.116. The molecule has 34 heavy (non-hydrogen) atoms. The zero-order chi connectivity index (χ0) is 24.2. The van der Waals surface area contributed by atoms with Crippen molar-refractivity contribution >= 4 is 34.1 Å². The van der Waals surface area contributed by atoms with Gasteiger partial charge in [-0.15, -0.1) is 0 Å². The van der Waals surface area contributed by atoms with Crippen LogP contribution < -0.4 is 15.0 Å². The van der Waals surface area contributed by atoms with Gasteiger partial charge in [-0.25, -0.2) is 4.98 Å². The predicted octanol–water partition coefficient (Wildman–Crippen LogP) is 5.92. The number of anilines is 2. The molecule has 0 saturated carbocycles. The molecule has 0 aliphatic heterocycles. The summed E-state index contributed by atoms with van der Waals surface area (Å²) >= 11 is 0. The van der Waals surface area contributed by atoms with E-state index in [2.05, 4.69) is 5.32 Å². The lowest BCUT2D eigenvalue weighted by atomic mass is 10.0. The second-order valence-corrected chi connectivity index (χ2v) is 8.35. The van der Waals surface area contributed by atoms with Crippen LogP contribution in [-0.2, 0) is 4.79 Å². The number of pyridine rings is 1. The highest BCUT2D eigenvalue weighted by Crippen LogP contribution is 2.28. The molecule has 4 rings (SSSR count). The lowest BCUT2D eigenvalue weighted by Gasteiger charge is -2.16. The van der Waals surface area contributed by atoms with Gasteiger partial charge >= 0.3 is 0 Å². The molecule has 0 unspecified atom stereocenters. The zero-order valence-electron chi connectivity index (χ0n) is 19.7. The SMILES string of the molecule is CC(=O)N(C)c1ccc(NC(=O)c2cc(-c3cccc(OC(C)C)c3)nc3ccccc23)cc1. The van der Waals surface area contributed by atoms with Crippen molar-refractivity contribution in [2.24, 2.45) is 0 Å². The minimum atomic E-state index is -0.234. The molecule has 0 bridgehead atoms. The highest BCUT2D eigenvalue weighted by atomic mass is 16.5. The van der Waals surface area contributed by atoms with Gasteiger partial charge in [0.25, 0.3) is 5.91 Å². The fraction of sp³-hybridized carbons (Fsp3) is 0.179. The number of benzene rings is 3. The molecule has 6 heteroatoms. The first-order chi connectivity index (χ1) is 16.3. The summed E-state index contributed by atoms with van der Waals surface area (Å²) in [5.41, 5.74) is 4.22. The Morgan fingerprint density at radius 3 is 2.38 bits per heavy atom. The van der Waals surface area contributed by atoms with E-state index in [4.69, 9.17) is 9.72 Å². The van der Waals surface area contributed by atoms with E-state index < -0.39 is 0 Å². The first-order valence-electron chi connectivity index (χ1n) is 11.1. The maximum absolute atomic E-state index is 13.3. The number of carbonyl (C=O) groups excluding carboxylic acids is 2. The molecule has 2 amide bonds. The third-order valence-electron chi connectivity index (χ3n) is 5.45. The van der Waals surface area contributed by atoms with Crippen molar-refractivity contribution in [3.05, 3.63) is 84.4 Å². The molecule has 0 saturated heterocycles. The average Bonchev–Trinajstić information content (AvgIpc) is 2.83. The Bertz CT molecular complexity index is 1350. The highest BCUT2D eigenvalue weighted by Gasteiger charge is 2.15. The first-order valence-corrected chi connectivity index (χ1v) is 11.1. The van der Waals surface area contributed by atoms with Gasteiger partial charge in [0, 0.05) is 36.3 Å². The Morgan fingerprint density at radius 1 is 0.941 bits per heavy atom. The number of nitrogens with zero attached hydrogens (tertiary/aromatic N) is 2. The van der Waals surface area contributed by atoms with Crippen LogP contribution in [-0.4, -0.2) is 29.9 Å². The molecule has 0 spiro atoms. The van der Waals surface area contributed by atoms with Crippen LogP contribution in [0.25, 0.3) is 22.2 Å². The van der Waals surface area contributed by atoms with E-state index in [9.17, 15) is 9.59 Å². The van der Waals surface area contributed by atoms with Crippen LogP contribution in [0.5, 0.6) is 5.75 Å². The maximum atomic E-state index is 13.3. The van der Waals surface area contributed by atoms with Gasteiger partial charge in [-0.2, -0.15) is 0 Å². The number of aromatic nitrogens is 1. The Hall–Kier alpha value is -4.19. The van der Waals surface area contributed by atoms with Crippen molar-refractivity contribution in [2.75, 3.05) is 17.3 Å². The molecule has 1 N–H and O–H groups in total. The Kier molecular flexibility index (Phi) is 6.59. The second kappa shape index (κ2) is 9.75. The molecule has 0 fully saturated rings. The van der Waals surface area contributed by atoms with E-state index in [1.165, 1.54) is 6.92 Å². The fourth-order valence-electron chi connectivity index (χ4n) is 3.66. The quantitative estimate of drug-likeness (QED) is 0.393. The maximum Gasteiger partial charge on any atom is 0.256 e. The van der Waals surface area contributed by atoms with E-state index in [1.807, 2.05) is 68.4 Å². The van der Waals surface area contributed by atoms with Crippen molar-refractivity contribution in [3.63, 3.8) is 0 Å². The highest BCUT2D eigenvalue weighted by molar-refractivity contribution is 6.13. The minimum absolute atomic E-state index is 0.0581. The standard InChI is InChI=1S/C28H27N3O3/c1-18(2)34-23-9-7-8-20(16-23)27-17-25(24-10-5-6-11-26(24)30-27)28(33)29-21-12-14-22(15-13-21)31(4)19(3)32/h5-18H,1-4H3,(H,29,33). The van der Waals surface area contributed by atoms with Crippen LogP contribution in [0.4, 0.5) is 11.4 Å². The summed E-state index contributed by atoms with van der Waals surface area (Å²) in [5.74, 6) is 0.460. The summed E-state index contributed by atoms with van der Waals surface area (Å²) in [6.07, 6.45) is 0.0581. The van der Waals surface area contributed by atoms with Gasteiger partial charge in [0.15, 0.2) is 0 Å². The van der Waals surface area contributed by atoms with Crippen LogP contribution in [0.3, 0.4) is 0 Å². The summed E-state index contributed by atoms with van der Waals surface area (Å²) in [6.45, 7) is 5.47. The van der Waals surface area contributed by atoms with Gasteiger partial charge in [0.2, 0.25) is 5.91 Å². The van der Waals surface area contributed by atoms with Gasteiger partial charge in [-0.05, 0) is 62.4 Å². The third-order valence-corrected chi connectivity index (χ3v) is 5.45. The number of rotatable bonds is 6. The van der Waals surface area contributed by atoms with Crippen molar-refractivity contribution in [3.8, 4) is 17.0 Å². The number of para-hydroxylation sites is 1. The van der Waals surface area contributed by atoms with E-state index in [0.29, 0.717) is 16.9 Å². The van der Waals surface area contributed by atoms with Crippen molar-refractivity contribution in [2.45, 2.75) is 26.9 Å². The molecule has 3 aromatic carbocycles. The number of ether oxygens (including phenoxy) is 1. The molecule has 1 heterocycles. The van der Waals surface area contributed by atoms with Crippen molar-refractivity contribution < 1.29 is 14.3 Å². The van der Waals surface area contributed by atoms with Crippen LogP contribution in [0.2, 0.25) is 0 Å². The summed E-state index contributed by atoms with van der Waals surface area (Å²) in [5, 5.41) is 3.74. The first kappa shape index (κ1) is 23.0. The van der Waals surface area contributed by atoms with Crippen LogP contribution in [0.1, 0.15) is 31.1 Å². The number of nitrogens with one attached hydrogen (secondary N) is 1. The molecule has 0 radical (unpaired) electrons. The fourth-order valence-corrected chi connectivity index (χ4v) is 3.66. The van der Waals surface area contributed by atoms with Crippen LogP contribution in [0.15, 0.2) is 78.9 Å². The van der Waals surface area contributed by atoms with Gasteiger partial charge < -0.3 is 15.0 Å². The molecule has 1 aromatic heterocycles. The van der Waals surface area contributed by atoms with Gasteiger partial charge in [-0.1, -0.05) is 30.3 Å². The molecular weight excluding hydrogens is 426 g/mol. The van der Waals surface area contributed by atoms with E-state index in [0.717, 1.165) is 27.9 Å². The van der Waals surface area contributed by atoms with Crippen LogP contribution >= 0.6 is 0 Å². The number of hydrogen-bond acceptors (Lipinski definition) is 4. The molecule has 0 aliphatic rings. The van der Waals surface area contributed by atoms with E-state index in [1.54, 1.807) is 36.2 Å². The summed E-state index contributed by atoms with van der Waals surface area (Å²) in [6, 6.07) is 24.3. The average molecular weight is 454 g/mol. The van der Waals surface area contributed by atoms with Crippen molar-refractivity contribution in [1.29, 1.82) is 0 Å². The zero-order valence-corrected chi connectivity index (χ0v) is 19.7. The van der Waals surface area contributed by atoms with Crippen LogP contribution in [0, 0.1) is 0 Å². The molecular formula is C28H27N3O3. The van der Waals surface area contributed by atoms with E-state index >= 15 is 0 Å². The third kappa shape index (κ3) is 5.07. The number of fused-ring (bicyclic) bond motifs is 1. The Balaban J connectivity index is 1.68. The van der Waals surface area contributed by atoms with Crippen molar-refractivity contribution in [1.82, 2.24) is 4.98 Å². The number of carbonyl (C=O) groups is 2. The molecule has 0 atom stereocenters. The van der Waals surface area contributed by atoms with Gasteiger partial charge in [-0.3, -0.25) is 9.59 Å². The smallest absolute Gasteiger partial charge is 0.256 e. The summed E-state index contributed by atoms with van der Waals surface area (Å²) in [4.78, 5) is 31.2. The number of amides is 2. The monoisotopic (exact) mass is 453 g/mol. The predicted molar refractivity (Wildman–Crippen MR) is 136 cm³/mol. The Labute approximate surface area is 199 Å². The largest absolute Gasteiger partial charge is 0.491 e. The topological polar surface area (TPSA) is 71.5 Å². The van der Waals surface area contributed by atoms with Gasteiger partial charge in [0.05, 0.1) is 22.9 Å². The summed E-state index contributed by atoms with van der Waals surface area (Å²) in [7, 11) is 1.71. The number of hydrogen-bond donors (Lipinski definition) is 1. The minimum Gasteiger partial charge on any atom is -0.491 e. The van der Waals surface area contributed by atoms with E-state index in [-0.39, 0.29) is 17.9 Å². The molecule has 172 valence electrons. The molecule has 4 aromatic rings.